The molecule has 1 amide bonds. The smallest absolute Gasteiger partial charge is 0.248 e. The molecule has 9 heteroatoms. The molecule has 0 fully saturated rings. The van der Waals surface area contributed by atoms with Crippen molar-refractivity contribution in [2.75, 3.05) is 15.9 Å². The maximum atomic E-state index is 13.0. The SMILES string of the molecule is C[C@@H](C(=O)Nc1ccc(Cl)cc1C(=O)c1ccccc1)N(c1ccc(Cl)cc1)S(C)(=O)=O. The van der Waals surface area contributed by atoms with E-state index < -0.39 is 22.0 Å². The molecule has 6 nitrogen and oxygen atoms in total. The molecular weight excluding hydrogens is 471 g/mol. The second-order valence-corrected chi connectivity index (χ2v) is 9.82. The second kappa shape index (κ2) is 9.73. The lowest BCUT2D eigenvalue weighted by Crippen LogP contribution is -2.45. The van der Waals surface area contributed by atoms with Crippen LogP contribution in [0.1, 0.15) is 22.8 Å². The summed E-state index contributed by atoms with van der Waals surface area (Å²) in [4.78, 5) is 26.0. The van der Waals surface area contributed by atoms with Gasteiger partial charge in [-0.05, 0) is 49.4 Å². The number of hydrogen-bond donors (Lipinski definition) is 1. The Labute approximate surface area is 196 Å². The number of carbonyl (C=O) groups excluding carboxylic acids is 2. The highest BCUT2D eigenvalue weighted by atomic mass is 35.5. The molecule has 1 N–H and O–H groups in total. The maximum Gasteiger partial charge on any atom is 0.248 e. The highest BCUT2D eigenvalue weighted by Crippen LogP contribution is 2.26. The molecule has 0 saturated heterocycles. The zero-order valence-electron chi connectivity index (χ0n) is 17.2. The van der Waals surface area contributed by atoms with Gasteiger partial charge >= 0.3 is 0 Å². The predicted molar refractivity (Wildman–Crippen MR) is 128 cm³/mol. The molecule has 166 valence electrons. The summed E-state index contributed by atoms with van der Waals surface area (Å²) in [7, 11) is -3.80. The quantitative estimate of drug-likeness (QED) is 0.471. The van der Waals surface area contributed by atoms with Crippen LogP contribution in [-0.4, -0.2) is 32.4 Å². The summed E-state index contributed by atoms with van der Waals surface area (Å²) in [6.07, 6.45) is 1.01. The van der Waals surface area contributed by atoms with Crippen LogP contribution in [0, 0.1) is 0 Å². The average Bonchev–Trinajstić information content (AvgIpc) is 2.75. The van der Waals surface area contributed by atoms with Crippen LogP contribution in [0.4, 0.5) is 11.4 Å². The molecule has 0 aliphatic rings. The molecule has 0 aromatic heterocycles. The predicted octanol–water partition coefficient (Wildman–Crippen LogP) is 5.02. The number of carbonyl (C=O) groups is 2. The summed E-state index contributed by atoms with van der Waals surface area (Å²) in [5.74, 6) is -0.941. The number of benzene rings is 3. The van der Waals surface area contributed by atoms with Crippen molar-refractivity contribution in [2.45, 2.75) is 13.0 Å². The number of halogens is 2. The van der Waals surface area contributed by atoms with E-state index in [0.717, 1.165) is 10.6 Å². The van der Waals surface area contributed by atoms with Crippen LogP contribution in [0.25, 0.3) is 0 Å². The van der Waals surface area contributed by atoms with E-state index in [-0.39, 0.29) is 22.7 Å². The van der Waals surface area contributed by atoms with Crippen LogP contribution < -0.4 is 9.62 Å². The van der Waals surface area contributed by atoms with Crippen molar-refractivity contribution < 1.29 is 18.0 Å². The van der Waals surface area contributed by atoms with Crippen LogP contribution in [0.3, 0.4) is 0 Å². The van der Waals surface area contributed by atoms with Crippen molar-refractivity contribution >= 4 is 56.3 Å². The normalized spacial score (nSPS) is 12.1. The lowest BCUT2D eigenvalue weighted by molar-refractivity contribution is -0.116. The minimum atomic E-state index is -3.80. The maximum absolute atomic E-state index is 13.0. The van der Waals surface area contributed by atoms with E-state index in [2.05, 4.69) is 5.32 Å². The summed E-state index contributed by atoms with van der Waals surface area (Å²) in [6.45, 7) is 1.46. The molecule has 0 heterocycles. The number of nitrogens with zero attached hydrogens (tertiary/aromatic N) is 1. The van der Waals surface area contributed by atoms with E-state index in [1.807, 2.05) is 0 Å². The first-order chi connectivity index (χ1) is 15.1. The minimum Gasteiger partial charge on any atom is -0.324 e. The van der Waals surface area contributed by atoms with Crippen LogP contribution in [0.5, 0.6) is 0 Å². The molecule has 3 aromatic carbocycles. The van der Waals surface area contributed by atoms with Gasteiger partial charge in [0.25, 0.3) is 0 Å². The fraction of sp³-hybridized carbons (Fsp3) is 0.130. The molecule has 3 rings (SSSR count). The number of amides is 1. The van der Waals surface area contributed by atoms with Crippen LogP contribution >= 0.6 is 23.2 Å². The third-order valence-corrected chi connectivity index (χ3v) is 6.42. The Bertz CT molecular complexity index is 1250. The van der Waals surface area contributed by atoms with Gasteiger partial charge in [-0.25, -0.2) is 8.42 Å². The van der Waals surface area contributed by atoms with Crippen LogP contribution in [0.15, 0.2) is 72.8 Å². The highest BCUT2D eigenvalue weighted by Gasteiger charge is 2.30. The van der Waals surface area contributed by atoms with Gasteiger partial charge in [0.05, 0.1) is 17.6 Å². The molecule has 0 spiro atoms. The van der Waals surface area contributed by atoms with Crippen LogP contribution in [-0.2, 0) is 14.8 Å². The van der Waals surface area contributed by atoms with Gasteiger partial charge in [-0.1, -0.05) is 53.5 Å². The van der Waals surface area contributed by atoms with Gasteiger partial charge in [-0.15, -0.1) is 0 Å². The Hall–Kier alpha value is -2.87. The van der Waals surface area contributed by atoms with Gasteiger partial charge in [0.1, 0.15) is 6.04 Å². The van der Waals surface area contributed by atoms with Crippen molar-refractivity contribution in [3.05, 3.63) is 94.0 Å². The molecule has 0 saturated carbocycles. The van der Waals surface area contributed by atoms with Crippen molar-refractivity contribution in [1.29, 1.82) is 0 Å². The fourth-order valence-electron chi connectivity index (χ4n) is 3.19. The Balaban J connectivity index is 1.93. The van der Waals surface area contributed by atoms with Gasteiger partial charge in [0, 0.05) is 21.2 Å². The van der Waals surface area contributed by atoms with E-state index in [0.29, 0.717) is 15.6 Å². The summed E-state index contributed by atoms with van der Waals surface area (Å²) < 4.78 is 25.9. The zero-order valence-corrected chi connectivity index (χ0v) is 19.6. The number of nitrogens with one attached hydrogen (secondary N) is 1. The number of sulfonamides is 1. The highest BCUT2D eigenvalue weighted by molar-refractivity contribution is 7.92. The first-order valence-electron chi connectivity index (χ1n) is 9.53. The van der Waals surface area contributed by atoms with Gasteiger partial charge in [-0.2, -0.15) is 0 Å². The number of hydrogen-bond acceptors (Lipinski definition) is 4. The van der Waals surface area contributed by atoms with Crippen molar-refractivity contribution in [2.24, 2.45) is 0 Å². The Morgan fingerprint density at radius 2 is 1.50 bits per heavy atom. The van der Waals surface area contributed by atoms with Gasteiger partial charge < -0.3 is 5.32 Å². The molecule has 1 atom stereocenters. The molecule has 0 aliphatic carbocycles. The molecule has 0 bridgehead atoms. The lowest BCUT2D eigenvalue weighted by atomic mass is 10.0. The van der Waals surface area contributed by atoms with Gasteiger partial charge in [0.2, 0.25) is 15.9 Å². The summed E-state index contributed by atoms with van der Waals surface area (Å²) in [5, 5.41) is 3.43. The second-order valence-electron chi connectivity index (χ2n) is 7.09. The van der Waals surface area contributed by atoms with Crippen LogP contribution in [0.2, 0.25) is 10.0 Å². The van der Waals surface area contributed by atoms with E-state index in [9.17, 15) is 18.0 Å². The molecule has 0 aliphatic heterocycles. The zero-order chi connectivity index (χ0) is 23.5. The molecule has 0 radical (unpaired) electrons. The standard InChI is InChI=1S/C23H20Cl2N2O4S/c1-15(27(32(2,30)31)19-11-8-17(24)9-12-19)23(29)26-21-13-10-18(25)14-20(21)22(28)16-6-4-3-5-7-16/h3-15H,1-2H3,(H,26,29)/t15-/m0/s1. The van der Waals surface area contributed by atoms with E-state index in [1.165, 1.54) is 49.4 Å². The van der Waals surface area contributed by atoms with Crippen molar-refractivity contribution in [3.63, 3.8) is 0 Å². The average molecular weight is 491 g/mol. The van der Waals surface area contributed by atoms with E-state index in [1.54, 1.807) is 30.3 Å². The monoisotopic (exact) mass is 490 g/mol. The molecule has 32 heavy (non-hydrogen) atoms. The number of ketones is 1. The number of rotatable bonds is 7. The summed E-state index contributed by atoms with van der Waals surface area (Å²) >= 11 is 12.0. The number of anilines is 2. The fourth-order valence-corrected chi connectivity index (χ4v) is 4.67. The van der Waals surface area contributed by atoms with Gasteiger partial charge in [-0.3, -0.25) is 13.9 Å². The first kappa shape index (κ1) is 23.8. The first-order valence-corrected chi connectivity index (χ1v) is 12.1. The Morgan fingerprint density at radius 3 is 2.09 bits per heavy atom. The van der Waals surface area contributed by atoms with Gasteiger partial charge in [0.15, 0.2) is 5.78 Å². The third-order valence-electron chi connectivity index (χ3n) is 4.69. The largest absolute Gasteiger partial charge is 0.324 e. The molecular formula is C23H20Cl2N2O4S. The third kappa shape index (κ3) is 5.48. The van der Waals surface area contributed by atoms with E-state index >= 15 is 0 Å². The minimum absolute atomic E-state index is 0.196. The Kier molecular flexibility index (Phi) is 7.23. The summed E-state index contributed by atoms with van der Waals surface area (Å²) in [6, 6.07) is 18.1. The molecule has 3 aromatic rings. The topological polar surface area (TPSA) is 83.6 Å². The van der Waals surface area contributed by atoms with Crippen molar-refractivity contribution in [3.8, 4) is 0 Å². The Morgan fingerprint density at radius 1 is 0.906 bits per heavy atom. The lowest BCUT2D eigenvalue weighted by Gasteiger charge is -2.28. The molecule has 0 unspecified atom stereocenters. The van der Waals surface area contributed by atoms with E-state index in [4.69, 9.17) is 23.2 Å². The summed E-state index contributed by atoms with van der Waals surface area (Å²) in [5.41, 5.74) is 1.14. The van der Waals surface area contributed by atoms with Crippen molar-refractivity contribution in [1.82, 2.24) is 0 Å².